The SMILES string of the molecule is CC1(C)OB(c2ccc(COc3ccc(Cl)cc3Cl)cc2)OC1(C)C. The van der Waals surface area contributed by atoms with Gasteiger partial charge in [-0.3, -0.25) is 0 Å². The Balaban J connectivity index is 1.65. The molecule has 0 atom stereocenters. The van der Waals surface area contributed by atoms with E-state index in [9.17, 15) is 0 Å². The Morgan fingerprint density at radius 1 is 0.920 bits per heavy atom. The lowest BCUT2D eigenvalue weighted by atomic mass is 9.79. The summed E-state index contributed by atoms with van der Waals surface area (Å²) < 4.78 is 17.9. The molecule has 0 radical (unpaired) electrons. The van der Waals surface area contributed by atoms with Crippen molar-refractivity contribution in [3.05, 3.63) is 58.1 Å². The summed E-state index contributed by atoms with van der Waals surface area (Å²) in [5, 5.41) is 1.09. The van der Waals surface area contributed by atoms with Gasteiger partial charge in [0, 0.05) is 5.02 Å². The monoisotopic (exact) mass is 378 g/mol. The maximum Gasteiger partial charge on any atom is 0.494 e. The average molecular weight is 379 g/mol. The maximum atomic E-state index is 6.12. The van der Waals surface area contributed by atoms with Crippen LogP contribution in [-0.2, 0) is 15.9 Å². The van der Waals surface area contributed by atoms with Crippen molar-refractivity contribution in [3.8, 4) is 5.75 Å². The van der Waals surface area contributed by atoms with Gasteiger partial charge in [-0.2, -0.15) is 0 Å². The van der Waals surface area contributed by atoms with Crippen molar-refractivity contribution in [2.75, 3.05) is 0 Å². The van der Waals surface area contributed by atoms with Gasteiger partial charge in [0.15, 0.2) is 0 Å². The molecule has 1 aliphatic heterocycles. The van der Waals surface area contributed by atoms with Gasteiger partial charge in [0.25, 0.3) is 0 Å². The van der Waals surface area contributed by atoms with E-state index in [2.05, 4.69) is 0 Å². The van der Waals surface area contributed by atoms with Crippen LogP contribution in [0.1, 0.15) is 33.3 Å². The van der Waals surface area contributed by atoms with Crippen molar-refractivity contribution < 1.29 is 14.0 Å². The van der Waals surface area contributed by atoms with E-state index in [4.69, 9.17) is 37.2 Å². The van der Waals surface area contributed by atoms with Crippen LogP contribution in [0.3, 0.4) is 0 Å². The Labute approximate surface area is 159 Å². The normalized spacial score (nSPS) is 18.4. The molecule has 0 bridgehead atoms. The summed E-state index contributed by atoms with van der Waals surface area (Å²) in [5.41, 5.74) is 1.34. The maximum absolute atomic E-state index is 6.12. The number of halogens is 2. The minimum Gasteiger partial charge on any atom is -0.487 e. The molecule has 0 aromatic heterocycles. The van der Waals surface area contributed by atoms with Gasteiger partial charge in [-0.25, -0.2) is 0 Å². The highest BCUT2D eigenvalue weighted by Crippen LogP contribution is 2.36. The van der Waals surface area contributed by atoms with Crippen LogP contribution in [0.5, 0.6) is 5.75 Å². The molecule has 1 heterocycles. The van der Waals surface area contributed by atoms with Crippen molar-refractivity contribution >= 4 is 35.8 Å². The molecule has 2 aromatic rings. The van der Waals surface area contributed by atoms with Crippen molar-refractivity contribution in [1.29, 1.82) is 0 Å². The molecule has 2 aromatic carbocycles. The zero-order chi connectivity index (χ0) is 18.2. The predicted octanol–water partition coefficient (Wildman–Crippen LogP) is 4.87. The van der Waals surface area contributed by atoms with Crippen molar-refractivity contribution in [2.24, 2.45) is 0 Å². The molecule has 0 amide bonds. The Kier molecular flexibility index (Phi) is 5.09. The highest BCUT2D eigenvalue weighted by Gasteiger charge is 2.51. The highest BCUT2D eigenvalue weighted by molar-refractivity contribution is 6.62. The minimum atomic E-state index is -0.356. The van der Waals surface area contributed by atoms with Crippen LogP contribution in [0.2, 0.25) is 10.0 Å². The minimum absolute atomic E-state index is 0.342. The molecule has 0 aliphatic carbocycles. The highest BCUT2D eigenvalue weighted by atomic mass is 35.5. The molecule has 3 rings (SSSR count). The van der Waals surface area contributed by atoms with E-state index in [0.717, 1.165) is 11.0 Å². The third kappa shape index (κ3) is 3.98. The summed E-state index contributed by atoms with van der Waals surface area (Å²) in [7, 11) is -0.356. The van der Waals surface area contributed by atoms with Gasteiger partial charge in [-0.05, 0) is 56.9 Å². The number of hydrogen-bond donors (Lipinski definition) is 0. The second kappa shape index (κ2) is 6.84. The van der Waals surface area contributed by atoms with Gasteiger partial charge < -0.3 is 14.0 Å². The lowest BCUT2D eigenvalue weighted by Crippen LogP contribution is -2.41. The molecule has 0 spiro atoms. The van der Waals surface area contributed by atoms with Gasteiger partial charge >= 0.3 is 7.12 Å². The second-order valence-corrected chi connectivity index (χ2v) is 8.04. The van der Waals surface area contributed by atoms with Gasteiger partial charge in [-0.15, -0.1) is 0 Å². The first kappa shape index (κ1) is 18.6. The summed E-state index contributed by atoms with van der Waals surface area (Å²) in [4.78, 5) is 0. The molecule has 3 nitrogen and oxygen atoms in total. The van der Waals surface area contributed by atoms with E-state index in [1.165, 1.54) is 0 Å². The van der Waals surface area contributed by atoms with E-state index < -0.39 is 0 Å². The fourth-order valence-electron chi connectivity index (χ4n) is 2.50. The lowest BCUT2D eigenvalue weighted by Gasteiger charge is -2.32. The first-order valence-electron chi connectivity index (χ1n) is 8.20. The zero-order valence-electron chi connectivity index (χ0n) is 14.8. The van der Waals surface area contributed by atoms with E-state index in [1.807, 2.05) is 52.0 Å². The number of ether oxygens (including phenoxy) is 1. The lowest BCUT2D eigenvalue weighted by molar-refractivity contribution is 0.00578. The largest absolute Gasteiger partial charge is 0.494 e. The van der Waals surface area contributed by atoms with Gasteiger partial charge in [0.2, 0.25) is 0 Å². The Morgan fingerprint density at radius 3 is 2.08 bits per heavy atom. The van der Waals surface area contributed by atoms with Crippen LogP contribution in [0.25, 0.3) is 0 Å². The second-order valence-electron chi connectivity index (χ2n) is 7.19. The van der Waals surface area contributed by atoms with Crippen LogP contribution in [0.15, 0.2) is 42.5 Å². The fraction of sp³-hybridized carbons (Fsp3) is 0.368. The third-order valence-electron chi connectivity index (χ3n) is 4.79. The van der Waals surface area contributed by atoms with Crippen LogP contribution in [0, 0.1) is 0 Å². The first-order valence-corrected chi connectivity index (χ1v) is 8.96. The van der Waals surface area contributed by atoms with Crippen molar-refractivity contribution in [2.45, 2.75) is 45.5 Å². The molecule has 0 N–H and O–H groups in total. The van der Waals surface area contributed by atoms with Gasteiger partial charge in [0.1, 0.15) is 12.4 Å². The standard InChI is InChI=1S/C19H21BCl2O3/c1-18(2)19(3,4)25-20(24-18)14-7-5-13(6-8-14)12-23-17-10-9-15(21)11-16(17)22/h5-11H,12H2,1-4H3. The molecule has 0 saturated carbocycles. The van der Waals surface area contributed by atoms with Crippen LogP contribution in [0.4, 0.5) is 0 Å². The number of hydrogen-bond acceptors (Lipinski definition) is 3. The molecular weight excluding hydrogens is 358 g/mol. The third-order valence-corrected chi connectivity index (χ3v) is 5.32. The number of benzene rings is 2. The Hall–Kier alpha value is -1.20. The quantitative estimate of drug-likeness (QED) is 0.710. The zero-order valence-corrected chi connectivity index (χ0v) is 16.3. The predicted molar refractivity (Wildman–Crippen MR) is 103 cm³/mol. The van der Waals surface area contributed by atoms with E-state index in [1.54, 1.807) is 18.2 Å². The topological polar surface area (TPSA) is 27.7 Å². The Morgan fingerprint density at radius 2 is 1.52 bits per heavy atom. The van der Waals surface area contributed by atoms with E-state index in [0.29, 0.717) is 22.4 Å². The van der Waals surface area contributed by atoms with Crippen molar-refractivity contribution in [1.82, 2.24) is 0 Å². The fourth-order valence-corrected chi connectivity index (χ4v) is 2.97. The summed E-state index contributed by atoms with van der Waals surface area (Å²) in [6, 6.07) is 13.2. The molecule has 1 aliphatic rings. The summed E-state index contributed by atoms with van der Waals surface area (Å²) >= 11 is 12.0. The van der Waals surface area contributed by atoms with Crippen LogP contribution >= 0.6 is 23.2 Å². The van der Waals surface area contributed by atoms with E-state index in [-0.39, 0.29) is 18.3 Å². The smallest absolute Gasteiger partial charge is 0.487 e. The summed E-state index contributed by atoms with van der Waals surface area (Å²) in [6.07, 6.45) is 0. The first-order chi connectivity index (χ1) is 11.7. The molecule has 25 heavy (non-hydrogen) atoms. The van der Waals surface area contributed by atoms with Gasteiger partial charge in [-0.1, -0.05) is 47.5 Å². The van der Waals surface area contributed by atoms with E-state index >= 15 is 0 Å². The number of rotatable bonds is 4. The Bertz CT molecular complexity index is 744. The molecule has 1 saturated heterocycles. The molecule has 6 heteroatoms. The van der Waals surface area contributed by atoms with Crippen LogP contribution in [-0.4, -0.2) is 18.3 Å². The molecule has 0 unspecified atom stereocenters. The van der Waals surface area contributed by atoms with Crippen LogP contribution < -0.4 is 10.2 Å². The summed E-state index contributed by atoms with van der Waals surface area (Å²) in [6.45, 7) is 8.61. The van der Waals surface area contributed by atoms with Crippen molar-refractivity contribution in [3.63, 3.8) is 0 Å². The molecule has 132 valence electrons. The average Bonchev–Trinajstić information content (AvgIpc) is 2.75. The molecule has 1 fully saturated rings. The molecular formula is C19H21BCl2O3. The summed E-state index contributed by atoms with van der Waals surface area (Å²) in [5.74, 6) is 0.612. The van der Waals surface area contributed by atoms with Gasteiger partial charge in [0.05, 0.1) is 16.2 Å².